The van der Waals surface area contributed by atoms with E-state index in [4.69, 9.17) is 14.2 Å². The fraction of sp³-hybridized carbons (Fsp3) is 0.176. The van der Waals surface area contributed by atoms with Crippen LogP contribution in [0.4, 0.5) is 0 Å². The van der Waals surface area contributed by atoms with Gasteiger partial charge in [-0.2, -0.15) is 0 Å². The third kappa shape index (κ3) is 9.30. The van der Waals surface area contributed by atoms with Crippen LogP contribution in [-0.2, 0) is 33.4 Å². The summed E-state index contributed by atoms with van der Waals surface area (Å²) >= 11 is 0. The molecule has 15 nitrogen and oxygen atoms in total. The molecule has 0 heterocycles. The molecule has 8 N–H and O–H groups in total. The molecular formula is C34H30O15. The maximum Gasteiger partial charge on any atom is 0.335 e. The van der Waals surface area contributed by atoms with E-state index < -0.39 is 95.1 Å². The van der Waals surface area contributed by atoms with Crippen molar-refractivity contribution >= 4 is 42.1 Å². The summed E-state index contributed by atoms with van der Waals surface area (Å²) in [5.41, 5.74) is -1.85. The molecule has 0 aromatic heterocycles. The van der Waals surface area contributed by atoms with Gasteiger partial charge in [-0.15, -0.1) is 0 Å². The lowest BCUT2D eigenvalue weighted by Crippen LogP contribution is -2.59. The number of phenolic OH excluding ortho intramolecular Hbond substituents is 6. The first kappa shape index (κ1) is 35.4. The van der Waals surface area contributed by atoms with Gasteiger partial charge in [-0.1, -0.05) is 18.2 Å². The number of aliphatic hydroxyl groups is 1. The summed E-state index contributed by atoms with van der Waals surface area (Å²) in [6.07, 6.45) is -0.436. The molecule has 0 bridgehead atoms. The zero-order chi connectivity index (χ0) is 35.9. The van der Waals surface area contributed by atoms with Gasteiger partial charge in [0.15, 0.2) is 46.2 Å². The number of benzene rings is 3. The van der Waals surface area contributed by atoms with Crippen LogP contribution in [0.2, 0.25) is 0 Å². The van der Waals surface area contributed by atoms with E-state index in [1.807, 2.05) is 0 Å². The number of carboxylic acid groups (broad SMARTS) is 1. The van der Waals surface area contributed by atoms with Gasteiger partial charge in [0.25, 0.3) is 0 Å². The molecule has 1 aliphatic carbocycles. The number of phenols is 6. The van der Waals surface area contributed by atoms with Crippen molar-refractivity contribution in [3.05, 3.63) is 89.5 Å². The number of hydrogen-bond acceptors (Lipinski definition) is 14. The Kier molecular flexibility index (Phi) is 10.8. The molecule has 4 atom stereocenters. The van der Waals surface area contributed by atoms with Crippen molar-refractivity contribution in [2.24, 2.45) is 0 Å². The van der Waals surface area contributed by atoms with Crippen LogP contribution in [0.5, 0.6) is 34.5 Å². The Labute approximate surface area is 277 Å². The number of esters is 3. The maximum absolute atomic E-state index is 12.9. The molecule has 15 heteroatoms. The van der Waals surface area contributed by atoms with Crippen LogP contribution in [0.25, 0.3) is 18.2 Å². The minimum atomic E-state index is -2.63. The molecule has 0 radical (unpaired) electrons. The Morgan fingerprint density at radius 2 is 0.878 bits per heavy atom. The van der Waals surface area contributed by atoms with Gasteiger partial charge in [0.1, 0.15) is 12.2 Å². The van der Waals surface area contributed by atoms with Crippen molar-refractivity contribution in [1.82, 2.24) is 0 Å². The summed E-state index contributed by atoms with van der Waals surface area (Å²) in [6.45, 7) is 0. The van der Waals surface area contributed by atoms with E-state index in [0.717, 1.165) is 48.6 Å². The zero-order valence-electron chi connectivity index (χ0n) is 25.2. The Morgan fingerprint density at radius 1 is 0.551 bits per heavy atom. The molecule has 2 unspecified atom stereocenters. The van der Waals surface area contributed by atoms with E-state index in [1.54, 1.807) is 0 Å². The molecule has 0 aliphatic heterocycles. The van der Waals surface area contributed by atoms with Gasteiger partial charge in [-0.05, 0) is 71.3 Å². The summed E-state index contributed by atoms with van der Waals surface area (Å²) in [7, 11) is 0. The fourth-order valence-electron chi connectivity index (χ4n) is 4.74. The standard InChI is InChI=1S/C34H30O15/c35-21-7-1-18(13-24(21)38)4-10-29(41)47-27-16-34(46,33(44)45)17-28(48-30(42)11-5-19-2-8-22(36)25(39)14-19)32(27)49-31(43)12-6-20-3-9-23(37)26(40)15-20/h1-15,27-28,32,35-40,46H,16-17H2,(H,44,45)/b10-4-,11-5+,12-6+/t27-,28-,32?,34?/m1/s1. The highest BCUT2D eigenvalue weighted by Gasteiger charge is 2.54. The number of ether oxygens (including phenoxy) is 3. The summed E-state index contributed by atoms with van der Waals surface area (Å²) in [4.78, 5) is 50.8. The Balaban J connectivity index is 1.62. The van der Waals surface area contributed by atoms with Crippen molar-refractivity contribution in [2.75, 3.05) is 0 Å². The Hall–Kier alpha value is -6.48. The molecule has 1 fully saturated rings. The molecule has 0 amide bonds. The van der Waals surface area contributed by atoms with E-state index in [2.05, 4.69) is 0 Å². The van der Waals surface area contributed by atoms with E-state index in [1.165, 1.54) is 42.5 Å². The monoisotopic (exact) mass is 678 g/mol. The molecule has 1 saturated carbocycles. The van der Waals surface area contributed by atoms with Crippen LogP contribution in [-0.4, -0.2) is 88.6 Å². The lowest BCUT2D eigenvalue weighted by Gasteiger charge is -2.41. The first-order chi connectivity index (χ1) is 23.1. The number of aromatic hydroxyl groups is 6. The van der Waals surface area contributed by atoms with Crippen LogP contribution in [0.1, 0.15) is 29.5 Å². The van der Waals surface area contributed by atoms with Crippen LogP contribution in [0.15, 0.2) is 72.8 Å². The fourth-order valence-corrected chi connectivity index (χ4v) is 4.74. The molecular weight excluding hydrogens is 648 g/mol. The summed E-state index contributed by atoms with van der Waals surface area (Å²) in [5.74, 6) is -7.71. The number of carbonyl (C=O) groups excluding carboxylic acids is 3. The third-order valence-electron chi connectivity index (χ3n) is 7.23. The Bertz CT molecular complexity index is 1760. The average Bonchev–Trinajstić information content (AvgIpc) is 3.04. The van der Waals surface area contributed by atoms with Crippen LogP contribution in [0, 0.1) is 0 Å². The predicted octanol–water partition coefficient (Wildman–Crippen LogP) is 2.71. The summed E-state index contributed by atoms with van der Waals surface area (Å²) in [5, 5.41) is 78.4. The minimum Gasteiger partial charge on any atom is -0.504 e. The van der Waals surface area contributed by atoms with E-state index >= 15 is 0 Å². The van der Waals surface area contributed by atoms with Gasteiger partial charge in [-0.25, -0.2) is 19.2 Å². The van der Waals surface area contributed by atoms with Gasteiger partial charge >= 0.3 is 23.9 Å². The Morgan fingerprint density at radius 3 is 1.18 bits per heavy atom. The van der Waals surface area contributed by atoms with Gasteiger partial charge in [0.2, 0.25) is 0 Å². The molecule has 0 saturated heterocycles. The number of carboxylic acids is 1. The molecule has 3 aromatic carbocycles. The first-order valence-corrected chi connectivity index (χ1v) is 14.3. The second kappa shape index (κ2) is 15.0. The SMILES string of the molecule is O=C(/C=C\c1ccc(O)c(O)c1)O[C@@H]1CC(O)(C(=O)O)C[C@@H](OC(=O)/C=C/c2ccc(O)c(O)c2)C1OC(=O)/C=C/c1ccc(O)c(O)c1. The van der Waals surface area contributed by atoms with E-state index in [9.17, 15) is 60.0 Å². The zero-order valence-corrected chi connectivity index (χ0v) is 25.2. The van der Waals surface area contributed by atoms with Gasteiger partial charge < -0.3 is 55.1 Å². The van der Waals surface area contributed by atoms with Gasteiger partial charge in [0, 0.05) is 31.1 Å². The largest absolute Gasteiger partial charge is 0.504 e. The molecule has 256 valence electrons. The number of aliphatic carboxylic acids is 1. The summed E-state index contributed by atoms with van der Waals surface area (Å²) < 4.78 is 16.3. The summed E-state index contributed by atoms with van der Waals surface area (Å²) in [6, 6.07) is 11.0. The third-order valence-corrected chi connectivity index (χ3v) is 7.23. The van der Waals surface area contributed by atoms with Crippen LogP contribution in [0.3, 0.4) is 0 Å². The minimum absolute atomic E-state index is 0.256. The topological polar surface area (TPSA) is 258 Å². The van der Waals surface area contributed by atoms with Crippen LogP contribution >= 0.6 is 0 Å². The van der Waals surface area contributed by atoms with Crippen molar-refractivity contribution in [2.45, 2.75) is 36.8 Å². The van der Waals surface area contributed by atoms with Crippen molar-refractivity contribution in [1.29, 1.82) is 0 Å². The average molecular weight is 679 g/mol. The quantitative estimate of drug-likeness (QED) is 0.0664. The van der Waals surface area contributed by atoms with Crippen molar-refractivity contribution in [3.63, 3.8) is 0 Å². The first-order valence-electron chi connectivity index (χ1n) is 14.3. The number of carbonyl (C=O) groups is 4. The highest BCUT2D eigenvalue weighted by Crippen LogP contribution is 2.36. The van der Waals surface area contributed by atoms with E-state index in [-0.39, 0.29) is 16.7 Å². The number of rotatable bonds is 10. The molecule has 3 aromatic rings. The second-order valence-corrected chi connectivity index (χ2v) is 10.8. The molecule has 1 aliphatic rings. The van der Waals surface area contributed by atoms with Gasteiger partial charge in [0.05, 0.1) is 0 Å². The smallest absolute Gasteiger partial charge is 0.335 e. The van der Waals surface area contributed by atoms with Gasteiger partial charge in [-0.3, -0.25) is 0 Å². The normalized spacial score (nSPS) is 20.7. The predicted molar refractivity (Wildman–Crippen MR) is 168 cm³/mol. The molecule has 4 rings (SSSR count). The lowest BCUT2D eigenvalue weighted by atomic mass is 9.79. The second-order valence-electron chi connectivity index (χ2n) is 10.8. The van der Waals surface area contributed by atoms with Crippen LogP contribution < -0.4 is 0 Å². The highest BCUT2D eigenvalue weighted by atomic mass is 16.6. The van der Waals surface area contributed by atoms with Crippen molar-refractivity contribution in [3.8, 4) is 34.5 Å². The molecule has 49 heavy (non-hydrogen) atoms. The van der Waals surface area contributed by atoms with Crippen molar-refractivity contribution < 1.29 is 74.2 Å². The highest BCUT2D eigenvalue weighted by molar-refractivity contribution is 5.89. The lowest BCUT2D eigenvalue weighted by molar-refractivity contribution is -0.211. The van der Waals surface area contributed by atoms with E-state index in [0.29, 0.717) is 0 Å². The number of hydrogen-bond donors (Lipinski definition) is 8. The maximum atomic E-state index is 12.9. The molecule has 0 spiro atoms.